The molecule has 2 N–H and O–H groups in total. The van der Waals surface area contributed by atoms with Crippen LogP contribution in [0.2, 0.25) is 0 Å². The fourth-order valence-electron chi connectivity index (χ4n) is 1.98. The van der Waals surface area contributed by atoms with Gasteiger partial charge in [-0.1, -0.05) is 21.1 Å². The Bertz CT molecular complexity index is 566. The van der Waals surface area contributed by atoms with Gasteiger partial charge in [-0.3, -0.25) is 0 Å². The van der Waals surface area contributed by atoms with E-state index in [2.05, 4.69) is 26.1 Å². The van der Waals surface area contributed by atoms with Crippen LogP contribution in [0.3, 0.4) is 0 Å². The van der Waals surface area contributed by atoms with Crippen molar-refractivity contribution >= 4 is 33.4 Å². The largest absolute Gasteiger partial charge is 0.398 e. The van der Waals surface area contributed by atoms with Gasteiger partial charge in [0.2, 0.25) is 0 Å². The molecule has 1 aromatic heterocycles. The van der Waals surface area contributed by atoms with E-state index in [1.807, 2.05) is 30.0 Å². The smallest absolute Gasteiger partial charge is 0.260 e. The molecule has 3 rings (SSSR count). The monoisotopic (exact) mass is 325 g/mol. The summed E-state index contributed by atoms with van der Waals surface area (Å²) in [4.78, 5) is 4.46. The summed E-state index contributed by atoms with van der Waals surface area (Å²) in [6, 6.07) is 5.64. The molecule has 1 unspecified atom stereocenters. The number of nitrogens with two attached hydrogens (primary N) is 1. The topological polar surface area (TPSA) is 64.9 Å². The van der Waals surface area contributed by atoms with E-state index in [9.17, 15) is 0 Å². The second kappa shape index (κ2) is 4.93. The van der Waals surface area contributed by atoms with E-state index in [0.717, 1.165) is 22.3 Å². The highest BCUT2D eigenvalue weighted by atomic mass is 79.9. The third-order valence-electron chi connectivity index (χ3n) is 2.90. The van der Waals surface area contributed by atoms with Crippen LogP contribution < -0.4 is 5.73 Å². The van der Waals surface area contributed by atoms with Crippen LogP contribution in [0.1, 0.15) is 23.9 Å². The second-order valence-electron chi connectivity index (χ2n) is 4.19. The molecule has 2 heterocycles. The van der Waals surface area contributed by atoms with Gasteiger partial charge in [-0.2, -0.15) is 16.7 Å². The number of nitrogens with zero attached hydrogens (tertiary/aromatic N) is 2. The SMILES string of the molecule is Nc1cc(Br)ccc1-c1nc(C2CCCS2)no1. The number of halogens is 1. The van der Waals surface area contributed by atoms with Crippen LogP contribution in [0.15, 0.2) is 27.2 Å². The molecular formula is C12H12BrN3OS. The molecule has 18 heavy (non-hydrogen) atoms. The fraction of sp³-hybridized carbons (Fsp3) is 0.333. The minimum atomic E-state index is 0.374. The van der Waals surface area contributed by atoms with Crippen LogP contribution in [0.5, 0.6) is 0 Å². The summed E-state index contributed by atoms with van der Waals surface area (Å²) in [5, 5.41) is 4.44. The van der Waals surface area contributed by atoms with E-state index >= 15 is 0 Å². The molecule has 1 atom stereocenters. The first-order chi connectivity index (χ1) is 8.74. The highest BCUT2D eigenvalue weighted by molar-refractivity contribution is 9.10. The standard InChI is InChI=1S/C12H12BrN3OS/c13-7-3-4-8(9(14)6-7)12-15-11(16-17-12)10-2-1-5-18-10/h3-4,6,10H,1-2,5,14H2. The lowest BCUT2D eigenvalue weighted by Crippen LogP contribution is -1.92. The molecule has 2 aromatic rings. The van der Waals surface area contributed by atoms with Gasteiger partial charge in [0.25, 0.3) is 5.89 Å². The maximum absolute atomic E-state index is 5.95. The average molecular weight is 326 g/mol. The van der Waals surface area contributed by atoms with Crippen molar-refractivity contribution in [2.45, 2.75) is 18.1 Å². The van der Waals surface area contributed by atoms with Crippen molar-refractivity contribution in [1.82, 2.24) is 10.1 Å². The van der Waals surface area contributed by atoms with Gasteiger partial charge < -0.3 is 10.3 Å². The lowest BCUT2D eigenvalue weighted by atomic mass is 10.2. The first-order valence-electron chi connectivity index (χ1n) is 5.74. The summed E-state index contributed by atoms with van der Waals surface area (Å²) in [6.45, 7) is 0. The predicted octanol–water partition coefficient (Wildman–Crippen LogP) is 3.65. The molecule has 0 spiro atoms. The van der Waals surface area contributed by atoms with Crippen molar-refractivity contribution in [3.05, 3.63) is 28.5 Å². The lowest BCUT2D eigenvalue weighted by Gasteiger charge is -2.01. The molecule has 0 radical (unpaired) electrons. The van der Waals surface area contributed by atoms with E-state index in [1.54, 1.807) is 0 Å². The minimum absolute atomic E-state index is 0.374. The Morgan fingerprint density at radius 1 is 1.44 bits per heavy atom. The Morgan fingerprint density at radius 2 is 2.33 bits per heavy atom. The van der Waals surface area contributed by atoms with Crippen LogP contribution in [0.4, 0.5) is 5.69 Å². The second-order valence-corrected chi connectivity index (χ2v) is 6.42. The van der Waals surface area contributed by atoms with Crippen molar-refractivity contribution in [2.24, 2.45) is 0 Å². The van der Waals surface area contributed by atoms with Crippen LogP contribution in [-0.2, 0) is 0 Å². The van der Waals surface area contributed by atoms with E-state index in [1.165, 1.54) is 12.2 Å². The molecule has 1 aliphatic rings. The molecule has 0 amide bonds. The Morgan fingerprint density at radius 3 is 3.06 bits per heavy atom. The number of anilines is 1. The summed E-state index contributed by atoms with van der Waals surface area (Å²) in [6.07, 6.45) is 2.35. The Balaban J connectivity index is 1.92. The Labute approximate surface area is 117 Å². The molecule has 0 bridgehead atoms. The van der Waals surface area contributed by atoms with Crippen LogP contribution in [0, 0.1) is 0 Å². The number of thioether (sulfide) groups is 1. The summed E-state index contributed by atoms with van der Waals surface area (Å²) in [5.41, 5.74) is 7.38. The molecule has 94 valence electrons. The van der Waals surface area contributed by atoms with Gasteiger partial charge in [0.05, 0.1) is 10.8 Å². The maximum atomic E-state index is 5.95. The number of hydrogen-bond donors (Lipinski definition) is 1. The van der Waals surface area contributed by atoms with Gasteiger partial charge in [-0.05, 0) is 36.8 Å². The highest BCUT2D eigenvalue weighted by Crippen LogP contribution is 2.39. The Kier molecular flexibility index (Phi) is 3.30. The van der Waals surface area contributed by atoms with Crippen molar-refractivity contribution in [1.29, 1.82) is 0 Å². The zero-order valence-electron chi connectivity index (χ0n) is 9.60. The van der Waals surface area contributed by atoms with E-state index in [0.29, 0.717) is 16.8 Å². The van der Waals surface area contributed by atoms with Crippen LogP contribution >= 0.6 is 27.7 Å². The van der Waals surface area contributed by atoms with Crippen molar-refractivity contribution in [2.75, 3.05) is 11.5 Å². The number of nitrogen functional groups attached to an aromatic ring is 1. The molecule has 6 heteroatoms. The zero-order chi connectivity index (χ0) is 12.5. The first kappa shape index (κ1) is 12.0. The zero-order valence-corrected chi connectivity index (χ0v) is 12.0. The van der Waals surface area contributed by atoms with Gasteiger partial charge in [0.15, 0.2) is 5.82 Å². The van der Waals surface area contributed by atoms with Gasteiger partial charge in [-0.15, -0.1) is 0 Å². The number of benzene rings is 1. The quantitative estimate of drug-likeness (QED) is 0.854. The summed E-state index contributed by atoms with van der Waals surface area (Å²) in [5.74, 6) is 2.46. The maximum Gasteiger partial charge on any atom is 0.260 e. The number of aromatic nitrogens is 2. The molecule has 0 saturated carbocycles. The minimum Gasteiger partial charge on any atom is -0.398 e. The van der Waals surface area contributed by atoms with Crippen molar-refractivity contribution < 1.29 is 4.52 Å². The molecule has 1 aromatic carbocycles. The lowest BCUT2D eigenvalue weighted by molar-refractivity contribution is 0.421. The molecule has 0 aliphatic carbocycles. The van der Waals surface area contributed by atoms with Gasteiger partial charge in [0, 0.05) is 10.2 Å². The van der Waals surface area contributed by atoms with Gasteiger partial charge in [0.1, 0.15) is 0 Å². The molecule has 1 aliphatic heterocycles. The van der Waals surface area contributed by atoms with Crippen molar-refractivity contribution in [3.8, 4) is 11.5 Å². The van der Waals surface area contributed by atoms with E-state index in [4.69, 9.17) is 10.3 Å². The van der Waals surface area contributed by atoms with E-state index < -0.39 is 0 Å². The first-order valence-corrected chi connectivity index (χ1v) is 7.59. The highest BCUT2D eigenvalue weighted by Gasteiger charge is 2.23. The number of hydrogen-bond acceptors (Lipinski definition) is 5. The Hall–Kier alpha value is -1.01. The molecule has 1 fully saturated rings. The molecule has 4 nitrogen and oxygen atoms in total. The van der Waals surface area contributed by atoms with Crippen molar-refractivity contribution in [3.63, 3.8) is 0 Å². The third kappa shape index (κ3) is 2.27. The van der Waals surface area contributed by atoms with Crippen LogP contribution in [0.25, 0.3) is 11.5 Å². The van der Waals surface area contributed by atoms with Gasteiger partial charge >= 0.3 is 0 Å². The fourth-order valence-corrected chi connectivity index (χ4v) is 3.56. The summed E-state index contributed by atoms with van der Waals surface area (Å²) in [7, 11) is 0. The molecule has 1 saturated heterocycles. The van der Waals surface area contributed by atoms with Gasteiger partial charge in [-0.25, -0.2) is 0 Å². The normalized spacial score (nSPS) is 19.3. The summed E-state index contributed by atoms with van der Waals surface area (Å²) < 4.78 is 6.25. The summed E-state index contributed by atoms with van der Waals surface area (Å²) >= 11 is 5.26. The number of rotatable bonds is 2. The van der Waals surface area contributed by atoms with E-state index in [-0.39, 0.29) is 0 Å². The third-order valence-corrected chi connectivity index (χ3v) is 4.77. The predicted molar refractivity (Wildman–Crippen MR) is 76.3 cm³/mol. The van der Waals surface area contributed by atoms with Crippen LogP contribution in [-0.4, -0.2) is 15.9 Å². The molecular weight excluding hydrogens is 314 g/mol. The average Bonchev–Trinajstić information content (AvgIpc) is 2.99.